The Morgan fingerprint density at radius 3 is 2.83 bits per heavy atom. The summed E-state index contributed by atoms with van der Waals surface area (Å²) in [5.41, 5.74) is 7.72. The number of amides is 1. The number of rotatable bonds is 1. The molecule has 0 saturated carbocycles. The molecule has 1 aromatic rings. The van der Waals surface area contributed by atoms with E-state index in [9.17, 15) is 4.79 Å². The summed E-state index contributed by atoms with van der Waals surface area (Å²) < 4.78 is 1.03. The number of aryl methyl sites for hydroxylation is 1. The number of likely N-dealkylation sites (tertiary alicyclic amines) is 1. The van der Waals surface area contributed by atoms with E-state index in [1.165, 1.54) is 0 Å². The van der Waals surface area contributed by atoms with Gasteiger partial charge < -0.3 is 10.6 Å². The van der Waals surface area contributed by atoms with Gasteiger partial charge in [0.2, 0.25) is 0 Å². The predicted octanol–water partition coefficient (Wildman–Crippen LogP) is 2.74. The van der Waals surface area contributed by atoms with E-state index in [2.05, 4.69) is 15.9 Å². The van der Waals surface area contributed by atoms with Gasteiger partial charge in [-0.1, -0.05) is 15.9 Å². The average molecular weight is 334 g/mol. The summed E-state index contributed by atoms with van der Waals surface area (Å²) in [4.78, 5) is 14.1. The molecule has 1 saturated heterocycles. The molecule has 1 aliphatic heterocycles. The molecule has 100 valence electrons. The zero-order valence-corrected chi connectivity index (χ0v) is 12.8. The molecule has 3 nitrogen and oxygen atoms in total. The normalized spacial score (nSPS) is 19.3. The molecular formula is C13H18BrClN2O. The Bertz CT molecular complexity index is 439. The second kappa shape index (κ2) is 6.55. The zero-order chi connectivity index (χ0) is 12.4. The van der Waals surface area contributed by atoms with Crippen LogP contribution in [-0.2, 0) is 0 Å². The molecule has 2 rings (SSSR count). The Balaban J connectivity index is 0.00000162. The molecule has 0 unspecified atom stereocenters. The van der Waals surface area contributed by atoms with Crippen molar-refractivity contribution in [3.05, 3.63) is 33.8 Å². The molecule has 0 aromatic heterocycles. The molecule has 0 spiro atoms. The van der Waals surface area contributed by atoms with Crippen molar-refractivity contribution < 1.29 is 4.79 Å². The van der Waals surface area contributed by atoms with Crippen molar-refractivity contribution in [1.82, 2.24) is 4.90 Å². The van der Waals surface area contributed by atoms with Gasteiger partial charge >= 0.3 is 0 Å². The highest BCUT2D eigenvalue weighted by atomic mass is 79.9. The fraction of sp³-hybridized carbons (Fsp3) is 0.462. The minimum atomic E-state index is 0. The van der Waals surface area contributed by atoms with Crippen LogP contribution in [0.3, 0.4) is 0 Å². The van der Waals surface area contributed by atoms with Crippen molar-refractivity contribution in [2.24, 2.45) is 5.73 Å². The molecular weight excluding hydrogens is 316 g/mol. The number of benzene rings is 1. The van der Waals surface area contributed by atoms with E-state index < -0.39 is 0 Å². The topological polar surface area (TPSA) is 46.3 Å². The van der Waals surface area contributed by atoms with E-state index in [-0.39, 0.29) is 24.4 Å². The zero-order valence-electron chi connectivity index (χ0n) is 10.4. The van der Waals surface area contributed by atoms with Crippen molar-refractivity contribution in [2.45, 2.75) is 25.8 Å². The molecule has 1 heterocycles. The number of carbonyl (C=O) groups excluding carboxylic acids is 1. The van der Waals surface area contributed by atoms with Crippen LogP contribution in [0.2, 0.25) is 0 Å². The predicted molar refractivity (Wildman–Crippen MR) is 79.2 cm³/mol. The van der Waals surface area contributed by atoms with Gasteiger partial charge in [0.15, 0.2) is 0 Å². The van der Waals surface area contributed by atoms with Gasteiger partial charge in [0, 0.05) is 29.2 Å². The van der Waals surface area contributed by atoms with E-state index in [0.29, 0.717) is 6.54 Å². The molecule has 0 bridgehead atoms. The lowest BCUT2D eigenvalue weighted by Gasteiger charge is -2.30. The van der Waals surface area contributed by atoms with E-state index in [0.717, 1.165) is 35.0 Å². The molecule has 1 amide bonds. The maximum Gasteiger partial charge on any atom is 0.253 e. The summed E-state index contributed by atoms with van der Waals surface area (Å²) in [5, 5.41) is 0. The molecule has 1 aliphatic rings. The third kappa shape index (κ3) is 3.46. The summed E-state index contributed by atoms with van der Waals surface area (Å²) in [6.45, 7) is 3.48. The molecule has 1 aromatic carbocycles. The highest BCUT2D eigenvalue weighted by molar-refractivity contribution is 9.10. The smallest absolute Gasteiger partial charge is 0.253 e. The Hall–Kier alpha value is -0.580. The molecule has 2 N–H and O–H groups in total. The minimum absolute atomic E-state index is 0. The van der Waals surface area contributed by atoms with Crippen LogP contribution in [0, 0.1) is 6.92 Å². The van der Waals surface area contributed by atoms with Crippen LogP contribution >= 0.6 is 28.3 Å². The van der Waals surface area contributed by atoms with Crippen LogP contribution in [0.15, 0.2) is 22.7 Å². The lowest BCUT2D eigenvalue weighted by molar-refractivity contribution is 0.0708. The number of carbonyl (C=O) groups is 1. The fourth-order valence-corrected chi connectivity index (χ4v) is 2.40. The quantitative estimate of drug-likeness (QED) is 0.859. The first kappa shape index (κ1) is 15.5. The van der Waals surface area contributed by atoms with Gasteiger partial charge in [-0.2, -0.15) is 0 Å². The first-order valence-electron chi connectivity index (χ1n) is 5.89. The monoisotopic (exact) mass is 332 g/mol. The minimum Gasteiger partial charge on any atom is -0.337 e. The van der Waals surface area contributed by atoms with Gasteiger partial charge in [0.1, 0.15) is 0 Å². The number of nitrogens with two attached hydrogens (primary N) is 1. The highest BCUT2D eigenvalue weighted by Crippen LogP contribution is 2.19. The van der Waals surface area contributed by atoms with Crippen LogP contribution in [0.1, 0.15) is 28.8 Å². The van der Waals surface area contributed by atoms with Crippen molar-refractivity contribution >= 4 is 34.2 Å². The Labute approximate surface area is 122 Å². The Morgan fingerprint density at radius 2 is 2.22 bits per heavy atom. The third-order valence-corrected chi connectivity index (χ3v) is 4.04. The summed E-state index contributed by atoms with van der Waals surface area (Å²) >= 11 is 3.44. The van der Waals surface area contributed by atoms with Crippen molar-refractivity contribution in [2.75, 3.05) is 13.1 Å². The molecule has 1 fully saturated rings. The molecule has 5 heteroatoms. The molecule has 0 radical (unpaired) electrons. The van der Waals surface area contributed by atoms with Crippen LogP contribution in [0.4, 0.5) is 0 Å². The van der Waals surface area contributed by atoms with Gasteiger partial charge in [-0.3, -0.25) is 4.79 Å². The van der Waals surface area contributed by atoms with E-state index in [4.69, 9.17) is 5.73 Å². The van der Waals surface area contributed by atoms with Gasteiger partial charge in [-0.05, 0) is 43.5 Å². The summed E-state index contributed by atoms with van der Waals surface area (Å²) in [6.07, 6.45) is 2.02. The number of nitrogens with zero attached hydrogens (tertiary/aromatic N) is 1. The van der Waals surface area contributed by atoms with E-state index in [1.807, 2.05) is 30.0 Å². The third-order valence-electron chi connectivity index (χ3n) is 3.15. The summed E-state index contributed by atoms with van der Waals surface area (Å²) in [6, 6.07) is 5.84. The molecule has 0 aliphatic carbocycles. The number of hydrogen-bond acceptors (Lipinski definition) is 2. The lowest BCUT2D eigenvalue weighted by atomic mass is 10.0. The lowest BCUT2D eigenvalue weighted by Crippen LogP contribution is -2.45. The van der Waals surface area contributed by atoms with Crippen LogP contribution < -0.4 is 5.73 Å². The Morgan fingerprint density at radius 1 is 1.50 bits per heavy atom. The van der Waals surface area contributed by atoms with E-state index in [1.54, 1.807) is 0 Å². The van der Waals surface area contributed by atoms with Gasteiger partial charge in [-0.25, -0.2) is 0 Å². The van der Waals surface area contributed by atoms with Crippen LogP contribution in [-0.4, -0.2) is 29.9 Å². The van der Waals surface area contributed by atoms with Crippen molar-refractivity contribution in [3.8, 4) is 0 Å². The first-order chi connectivity index (χ1) is 8.08. The number of halogens is 2. The van der Waals surface area contributed by atoms with Crippen molar-refractivity contribution in [1.29, 1.82) is 0 Å². The van der Waals surface area contributed by atoms with Gasteiger partial charge in [-0.15, -0.1) is 12.4 Å². The fourth-order valence-electron chi connectivity index (χ4n) is 2.15. The second-order valence-corrected chi connectivity index (χ2v) is 5.47. The largest absolute Gasteiger partial charge is 0.337 e. The van der Waals surface area contributed by atoms with Gasteiger partial charge in [0.05, 0.1) is 0 Å². The maximum absolute atomic E-state index is 12.3. The summed E-state index contributed by atoms with van der Waals surface area (Å²) in [7, 11) is 0. The highest BCUT2D eigenvalue weighted by Gasteiger charge is 2.22. The number of piperidine rings is 1. The SMILES string of the molecule is Cc1cc(C(=O)N2CCC[C@@H](N)C2)ccc1Br.Cl. The molecule has 18 heavy (non-hydrogen) atoms. The van der Waals surface area contributed by atoms with Gasteiger partial charge in [0.25, 0.3) is 5.91 Å². The summed E-state index contributed by atoms with van der Waals surface area (Å²) in [5.74, 6) is 0.0933. The van der Waals surface area contributed by atoms with Crippen LogP contribution in [0.25, 0.3) is 0 Å². The maximum atomic E-state index is 12.3. The second-order valence-electron chi connectivity index (χ2n) is 4.62. The van der Waals surface area contributed by atoms with Crippen LogP contribution in [0.5, 0.6) is 0 Å². The number of hydrogen-bond donors (Lipinski definition) is 1. The Kier molecular flexibility index (Phi) is 5.63. The van der Waals surface area contributed by atoms with Crippen molar-refractivity contribution in [3.63, 3.8) is 0 Å². The van der Waals surface area contributed by atoms with E-state index >= 15 is 0 Å². The average Bonchev–Trinajstić information content (AvgIpc) is 2.32. The first-order valence-corrected chi connectivity index (χ1v) is 6.68. The molecule has 1 atom stereocenters. The standard InChI is InChI=1S/C13H17BrN2O.ClH/c1-9-7-10(4-5-12(9)14)13(17)16-6-2-3-11(15)8-16;/h4-5,7,11H,2-3,6,8,15H2,1H3;1H/t11-;/m1./s1.